The molecule has 19 heavy (non-hydrogen) atoms. The van der Waals surface area contributed by atoms with Gasteiger partial charge in [-0.1, -0.05) is 38.8 Å². The largest absolute Gasteiger partial charge is 0.367 e. The highest BCUT2D eigenvalue weighted by molar-refractivity contribution is 5.89. The van der Waals surface area contributed by atoms with E-state index < -0.39 is 0 Å². The second-order valence-electron chi connectivity index (χ2n) is 5.73. The molecule has 0 amide bonds. The lowest BCUT2D eigenvalue weighted by molar-refractivity contribution is 0.740. The highest BCUT2D eigenvalue weighted by Gasteiger charge is 2.17. The van der Waals surface area contributed by atoms with E-state index >= 15 is 0 Å². The second kappa shape index (κ2) is 5.16. The first-order valence-electron chi connectivity index (χ1n) is 7.27. The van der Waals surface area contributed by atoms with Crippen molar-refractivity contribution >= 4 is 16.7 Å². The molecule has 1 fully saturated rings. The topological polar surface area (TPSA) is 37.8 Å². The van der Waals surface area contributed by atoms with Crippen LogP contribution in [0.3, 0.4) is 0 Å². The highest BCUT2D eigenvalue weighted by Crippen LogP contribution is 2.27. The Labute approximate surface area is 114 Å². The second-order valence-corrected chi connectivity index (χ2v) is 5.73. The monoisotopic (exact) mass is 255 g/mol. The van der Waals surface area contributed by atoms with Gasteiger partial charge in [0.1, 0.15) is 11.6 Å². The summed E-state index contributed by atoms with van der Waals surface area (Å²) in [4.78, 5) is 9.40. The van der Waals surface area contributed by atoms with Crippen molar-refractivity contribution in [1.82, 2.24) is 9.97 Å². The summed E-state index contributed by atoms with van der Waals surface area (Å²) < 4.78 is 0. The molecule has 100 valence electrons. The molecule has 3 rings (SSSR count). The van der Waals surface area contributed by atoms with Gasteiger partial charge in [0.25, 0.3) is 0 Å². The molecule has 1 heterocycles. The van der Waals surface area contributed by atoms with Crippen molar-refractivity contribution in [2.45, 2.75) is 51.5 Å². The standard InChI is InChI=1S/C16H21N3/c1-11(2)15-18-14-10-6-5-9-13(14)16(19-15)17-12-7-3-4-8-12/h5-6,9-12H,3-4,7-8H2,1-2H3,(H,17,18,19). The Morgan fingerprint density at radius 3 is 2.58 bits per heavy atom. The number of anilines is 1. The van der Waals surface area contributed by atoms with Crippen LogP contribution in [0, 0.1) is 0 Å². The third kappa shape index (κ3) is 2.55. The van der Waals surface area contributed by atoms with Crippen molar-refractivity contribution in [1.29, 1.82) is 0 Å². The van der Waals surface area contributed by atoms with Gasteiger partial charge in [0.15, 0.2) is 0 Å². The summed E-state index contributed by atoms with van der Waals surface area (Å²) in [6.45, 7) is 4.28. The number of para-hydroxylation sites is 1. The van der Waals surface area contributed by atoms with Gasteiger partial charge < -0.3 is 5.32 Å². The normalized spacial score (nSPS) is 16.4. The molecule has 3 nitrogen and oxygen atoms in total. The molecule has 0 spiro atoms. The first-order chi connectivity index (χ1) is 9.24. The molecular formula is C16H21N3. The van der Waals surface area contributed by atoms with Gasteiger partial charge in [0.2, 0.25) is 0 Å². The van der Waals surface area contributed by atoms with E-state index in [9.17, 15) is 0 Å². The average molecular weight is 255 g/mol. The molecule has 1 N–H and O–H groups in total. The van der Waals surface area contributed by atoms with Crippen LogP contribution < -0.4 is 5.32 Å². The maximum absolute atomic E-state index is 4.74. The van der Waals surface area contributed by atoms with Crippen LogP contribution in [0.2, 0.25) is 0 Å². The van der Waals surface area contributed by atoms with Crippen LogP contribution >= 0.6 is 0 Å². The molecule has 1 aliphatic rings. The minimum absolute atomic E-state index is 0.355. The fraction of sp³-hybridized carbons (Fsp3) is 0.500. The zero-order valence-corrected chi connectivity index (χ0v) is 11.7. The summed E-state index contributed by atoms with van der Waals surface area (Å²) >= 11 is 0. The number of hydrogen-bond donors (Lipinski definition) is 1. The third-order valence-electron chi connectivity index (χ3n) is 3.83. The van der Waals surface area contributed by atoms with Crippen molar-refractivity contribution in [3.63, 3.8) is 0 Å². The van der Waals surface area contributed by atoms with Gasteiger partial charge in [0, 0.05) is 17.3 Å². The molecule has 1 aromatic carbocycles. The number of rotatable bonds is 3. The van der Waals surface area contributed by atoms with Gasteiger partial charge in [-0.15, -0.1) is 0 Å². The lowest BCUT2D eigenvalue weighted by Crippen LogP contribution is -2.17. The van der Waals surface area contributed by atoms with Crippen LogP contribution in [-0.2, 0) is 0 Å². The molecule has 1 aromatic heterocycles. The Morgan fingerprint density at radius 2 is 1.84 bits per heavy atom. The number of hydrogen-bond acceptors (Lipinski definition) is 3. The van der Waals surface area contributed by atoms with Crippen LogP contribution in [-0.4, -0.2) is 16.0 Å². The summed E-state index contributed by atoms with van der Waals surface area (Å²) in [5, 5.41) is 4.77. The van der Waals surface area contributed by atoms with Crippen molar-refractivity contribution in [3.8, 4) is 0 Å². The fourth-order valence-electron chi connectivity index (χ4n) is 2.73. The minimum atomic E-state index is 0.355. The van der Waals surface area contributed by atoms with Gasteiger partial charge in [-0.05, 0) is 25.0 Å². The SMILES string of the molecule is CC(C)c1nc(NC2CCCC2)c2ccccc2n1. The third-order valence-corrected chi connectivity index (χ3v) is 3.83. The molecule has 1 saturated carbocycles. The zero-order valence-electron chi connectivity index (χ0n) is 11.7. The number of nitrogens with zero attached hydrogens (tertiary/aromatic N) is 2. The van der Waals surface area contributed by atoms with E-state index in [2.05, 4.69) is 42.3 Å². The summed E-state index contributed by atoms with van der Waals surface area (Å²) in [6.07, 6.45) is 5.18. The summed E-state index contributed by atoms with van der Waals surface area (Å²) in [7, 11) is 0. The lowest BCUT2D eigenvalue weighted by atomic mass is 10.1. The molecule has 0 aliphatic heterocycles. The molecule has 0 saturated heterocycles. The highest BCUT2D eigenvalue weighted by atomic mass is 15.1. The summed E-state index contributed by atoms with van der Waals surface area (Å²) in [5.74, 6) is 2.30. The van der Waals surface area contributed by atoms with Gasteiger partial charge in [-0.2, -0.15) is 0 Å². The van der Waals surface area contributed by atoms with E-state index in [1.807, 2.05) is 6.07 Å². The van der Waals surface area contributed by atoms with Crippen LogP contribution in [0.15, 0.2) is 24.3 Å². The maximum atomic E-state index is 4.74. The molecular weight excluding hydrogens is 234 g/mol. The van der Waals surface area contributed by atoms with E-state index in [0.717, 1.165) is 22.5 Å². The predicted molar refractivity (Wildman–Crippen MR) is 79.5 cm³/mol. The number of benzene rings is 1. The Kier molecular flexibility index (Phi) is 3.36. The summed E-state index contributed by atoms with van der Waals surface area (Å²) in [5.41, 5.74) is 1.04. The van der Waals surface area contributed by atoms with Crippen molar-refractivity contribution in [2.75, 3.05) is 5.32 Å². The maximum Gasteiger partial charge on any atom is 0.137 e. The molecule has 0 radical (unpaired) electrons. The van der Waals surface area contributed by atoms with E-state index in [0.29, 0.717) is 12.0 Å². The van der Waals surface area contributed by atoms with Crippen molar-refractivity contribution < 1.29 is 0 Å². The van der Waals surface area contributed by atoms with Crippen LogP contribution in [0.4, 0.5) is 5.82 Å². The van der Waals surface area contributed by atoms with E-state index in [4.69, 9.17) is 4.98 Å². The van der Waals surface area contributed by atoms with Crippen LogP contribution in [0.5, 0.6) is 0 Å². The number of nitrogens with one attached hydrogen (secondary N) is 1. The Morgan fingerprint density at radius 1 is 1.11 bits per heavy atom. The van der Waals surface area contributed by atoms with Gasteiger partial charge in [0.05, 0.1) is 5.52 Å². The molecule has 0 atom stereocenters. The van der Waals surface area contributed by atoms with E-state index in [1.165, 1.54) is 25.7 Å². The van der Waals surface area contributed by atoms with Crippen molar-refractivity contribution in [2.24, 2.45) is 0 Å². The van der Waals surface area contributed by atoms with E-state index in [1.54, 1.807) is 0 Å². The predicted octanol–water partition coefficient (Wildman–Crippen LogP) is 4.11. The van der Waals surface area contributed by atoms with E-state index in [-0.39, 0.29) is 0 Å². The molecule has 2 aromatic rings. The smallest absolute Gasteiger partial charge is 0.137 e. The number of fused-ring (bicyclic) bond motifs is 1. The quantitative estimate of drug-likeness (QED) is 0.897. The van der Waals surface area contributed by atoms with Crippen LogP contribution in [0.1, 0.15) is 51.3 Å². The summed E-state index contributed by atoms with van der Waals surface area (Å²) in [6, 6.07) is 8.86. The Balaban J connectivity index is 2.03. The molecule has 3 heteroatoms. The minimum Gasteiger partial charge on any atom is -0.367 e. The lowest BCUT2D eigenvalue weighted by Gasteiger charge is -2.16. The fourth-order valence-corrected chi connectivity index (χ4v) is 2.73. The molecule has 1 aliphatic carbocycles. The number of aromatic nitrogens is 2. The Hall–Kier alpha value is -1.64. The molecule has 0 unspecified atom stereocenters. The van der Waals surface area contributed by atoms with Crippen molar-refractivity contribution in [3.05, 3.63) is 30.1 Å². The Bertz CT molecular complexity index is 571. The first-order valence-corrected chi connectivity index (χ1v) is 7.27. The van der Waals surface area contributed by atoms with Gasteiger partial charge in [-0.25, -0.2) is 9.97 Å². The average Bonchev–Trinajstić information content (AvgIpc) is 2.91. The van der Waals surface area contributed by atoms with Gasteiger partial charge in [-0.3, -0.25) is 0 Å². The zero-order chi connectivity index (χ0) is 13.2. The molecule has 0 bridgehead atoms. The van der Waals surface area contributed by atoms with Gasteiger partial charge >= 0.3 is 0 Å². The van der Waals surface area contributed by atoms with Crippen LogP contribution in [0.25, 0.3) is 10.9 Å². The first kappa shape index (κ1) is 12.4.